The average molecular weight is 540 g/mol. The van der Waals surface area contributed by atoms with Crippen molar-refractivity contribution < 1.29 is 47.5 Å². The second-order valence-corrected chi connectivity index (χ2v) is 10.3. The van der Waals surface area contributed by atoms with E-state index in [0.29, 0.717) is 13.1 Å². The number of nitrogens with one attached hydrogen (secondary N) is 1. The molecule has 0 saturated carbocycles. The lowest BCUT2D eigenvalue weighted by Crippen LogP contribution is -2.44. The van der Waals surface area contributed by atoms with E-state index in [-0.39, 0.29) is 32.7 Å². The van der Waals surface area contributed by atoms with Gasteiger partial charge in [0, 0.05) is 26.2 Å². The van der Waals surface area contributed by atoms with Crippen LogP contribution in [0.1, 0.15) is 64.7 Å². The summed E-state index contributed by atoms with van der Waals surface area (Å²) in [6.45, 7) is 2.65. The fraction of sp³-hybridized carbons (Fsp3) is 0.818. The van der Waals surface area contributed by atoms with Gasteiger partial charge in [-0.25, -0.2) is 0 Å². The van der Waals surface area contributed by atoms with Crippen LogP contribution in [-0.2, 0) is 29.3 Å². The molecule has 0 bridgehead atoms. The van der Waals surface area contributed by atoms with E-state index in [2.05, 4.69) is 12.2 Å². The van der Waals surface area contributed by atoms with Crippen molar-refractivity contribution in [1.82, 2.24) is 15.1 Å². The SMILES string of the molecule is CCCCCCCCCCN(CCN(CCNC(=O)C[C@@H](C(=O)O)S(=O)(=O)O)CC(=O)O)CC(=O)O. The van der Waals surface area contributed by atoms with Crippen molar-refractivity contribution in [2.75, 3.05) is 45.8 Å². The van der Waals surface area contributed by atoms with Crippen LogP contribution in [0.25, 0.3) is 0 Å². The second kappa shape index (κ2) is 18.9. The van der Waals surface area contributed by atoms with E-state index in [1.165, 1.54) is 30.6 Å². The number of hydrogen-bond donors (Lipinski definition) is 5. The molecule has 0 unspecified atom stereocenters. The van der Waals surface area contributed by atoms with Gasteiger partial charge < -0.3 is 20.6 Å². The molecular formula is C22H41N3O10S. The number of carboxylic acid groups (broad SMARTS) is 3. The first kappa shape index (κ1) is 33.7. The summed E-state index contributed by atoms with van der Waals surface area (Å²) in [4.78, 5) is 48.5. The molecule has 0 fully saturated rings. The molecule has 0 rings (SSSR count). The van der Waals surface area contributed by atoms with Crippen molar-refractivity contribution >= 4 is 33.9 Å². The molecule has 0 saturated heterocycles. The molecule has 210 valence electrons. The van der Waals surface area contributed by atoms with Crippen LogP contribution >= 0.6 is 0 Å². The lowest BCUT2D eigenvalue weighted by molar-refractivity contribution is -0.140. The van der Waals surface area contributed by atoms with Gasteiger partial charge in [-0.3, -0.25) is 33.5 Å². The number of unbranched alkanes of at least 4 members (excludes halogenated alkanes) is 7. The molecule has 0 aromatic heterocycles. The number of carbonyl (C=O) groups is 4. The first-order valence-corrected chi connectivity index (χ1v) is 13.7. The zero-order chi connectivity index (χ0) is 27.6. The summed E-state index contributed by atoms with van der Waals surface area (Å²) in [5.74, 6) is -4.91. The average Bonchev–Trinajstić information content (AvgIpc) is 2.75. The maximum atomic E-state index is 11.9. The van der Waals surface area contributed by atoms with Gasteiger partial charge >= 0.3 is 17.9 Å². The van der Waals surface area contributed by atoms with E-state index < -0.39 is 45.6 Å². The third-order valence-corrected chi connectivity index (χ3v) is 6.62. The molecule has 0 heterocycles. The van der Waals surface area contributed by atoms with Gasteiger partial charge in [-0.2, -0.15) is 8.42 Å². The van der Waals surface area contributed by atoms with Crippen molar-refractivity contribution in [3.05, 3.63) is 0 Å². The van der Waals surface area contributed by atoms with E-state index in [4.69, 9.17) is 14.8 Å². The molecule has 0 aromatic rings. The lowest BCUT2D eigenvalue weighted by Gasteiger charge is -2.26. The normalized spacial score (nSPS) is 12.6. The molecule has 14 heteroatoms. The molecule has 0 aliphatic rings. The monoisotopic (exact) mass is 539 g/mol. The molecule has 0 spiro atoms. The molecule has 1 atom stereocenters. The predicted molar refractivity (Wildman–Crippen MR) is 131 cm³/mol. The van der Waals surface area contributed by atoms with Gasteiger partial charge in [-0.05, 0) is 13.0 Å². The van der Waals surface area contributed by atoms with Crippen molar-refractivity contribution in [3.63, 3.8) is 0 Å². The van der Waals surface area contributed by atoms with E-state index >= 15 is 0 Å². The number of aliphatic carboxylic acids is 3. The van der Waals surface area contributed by atoms with Gasteiger partial charge in [-0.15, -0.1) is 0 Å². The van der Waals surface area contributed by atoms with Crippen molar-refractivity contribution in [3.8, 4) is 0 Å². The second-order valence-electron chi connectivity index (χ2n) is 8.71. The summed E-state index contributed by atoms with van der Waals surface area (Å²) in [6, 6.07) is 0. The summed E-state index contributed by atoms with van der Waals surface area (Å²) in [5, 5.41) is 27.2. The molecule has 1 amide bonds. The highest BCUT2D eigenvalue weighted by Crippen LogP contribution is 2.09. The molecule has 0 aliphatic heterocycles. The number of amides is 1. The summed E-state index contributed by atoms with van der Waals surface area (Å²) in [5.41, 5.74) is 0. The number of carboxylic acids is 3. The van der Waals surface area contributed by atoms with Gasteiger partial charge in [0.05, 0.1) is 19.5 Å². The number of nitrogens with zero attached hydrogens (tertiary/aromatic N) is 2. The molecule has 0 radical (unpaired) electrons. The van der Waals surface area contributed by atoms with E-state index in [1.54, 1.807) is 4.90 Å². The first-order chi connectivity index (χ1) is 16.9. The minimum Gasteiger partial charge on any atom is -0.480 e. The maximum absolute atomic E-state index is 11.9. The van der Waals surface area contributed by atoms with E-state index in [0.717, 1.165) is 25.7 Å². The lowest BCUT2D eigenvalue weighted by atomic mass is 10.1. The van der Waals surface area contributed by atoms with Crippen molar-refractivity contribution in [2.45, 2.75) is 70.0 Å². The van der Waals surface area contributed by atoms with Crippen LogP contribution in [0.15, 0.2) is 0 Å². The highest BCUT2D eigenvalue weighted by Gasteiger charge is 2.33. The summed E-state index contributed by atoms with van der Waals surface area (Å²) >= 11 is 0. The summed E-state index contributed by atoms with van der Waals surface area (Å²) in [6.07, 6.45) is 7.89. The zero-order valence-corrected chi connectivity index (χ0v) is 21.7. The molecule has 5 N–H and O–H groups in total. The van der Waals surface area contributed by atoms with E-state index in [9.17, 15) is 32.7 Å². The Labute approximate surface area is 212 Å². The van der Waals surface area contributed by atoms with Crippen LogP contribution in [-0.4, -0.2) is 113 Å². The first-order valence-electron chi connectivity index (χ1n) is 12.2. The molecule has 0 aliphatic carbocycles. The minimum atomic E-state index is -4.96. The van der Waals surface area contributed by atoms with Gasteiger partial charge in [0.25, 0.3) is 10.1 Å². The van der Waals surface area contributed by atoms with Crippen LogP contribution in [0, 0.1) is 0 Å². The van der Waals surface area contributed by atoms with Crippen LogP contribution < -0.4 is 5.32 Å². The predicted octanol–water partition coefficient (Wildman–Crippen LogP) is 0.748. The smallest absolute Gasteiger partial charge is 0.324 e. The molecule has 36 heavy (non-hydrogen) atoms. The molecule has 0 aromatic carbocycles. The van der Waals surface area contributed by atoms with Crippen LogP contribution in [0.3, 0.4) is 0 Å². The molecule has 13 nitrogen and oxygen atoms in total. The highest BCUT2D eigenvalue weighted by atomic mass is 32.2. The quantitative estimate of drug-likeness (QED) is 0.0902. The topological polar surface area (TPSA) is 202 Å². The minimum absolute atomic E-state index is 0.0559. The Morgan fingerprint density at radius 3 is 1.67 bits per heavy atom. The van der Waals surface area contributed by atoms with Gasteiger partial charge in [0.15, 0.2) is 5.25 Å². The standard InChI is InChI=1S/C22H41N3O10S/c1-2-3-4-5-6-7-8-9-11-24(16-20(27)28)13-14-25(17-21(29)30)12-10-23-19(26)15-18(22(31)32)36(33,34)35/h18H,2-17H2,1H3,(H,23,26)(H,27,28)(H,29,30)(H,31,32)(H,33,34,35)/t18-/m0/s1. The fourth-order valence-corrected chi connectivity index (χ4v) is 4.21. The third kappa shape index (κ3) is 18.0. The van der Waals surface area contributed by atoms with Crippen molar-refractivity contribution in [2.24, 2.45) is 0 Å². The Hall–Kier alpha value is -2.29. The fourth-order valence-electron chi connectivity index (χ4n) is 3.59. The summed E-state index contributed by atoms with van der Waals surface area (Å²) in [7, 11) is -4.96. The largest absolute Gasteiger partial charge is 0.480 e. The maximum Gasteiger partial charge on any atom is 0.324 e. The number of carbonyl (C=O) groups excluding carboxylic acids is 1. The number of hydrogen-bond acceptors (Lipinski definition) is 8. The molecular weight excluding hydrogens is 498 g/mol. The van der Waals surface area contributed by atoms with Gasteiger partial charge in [0.1, 0.15) is 0 Å². The Balaban J connectivity index is 4.63. The van der Waals surface area contributed by atoms with Crippen LogP contribution in [0.2, 0.25) is 0 Å². The Kier molecular flexibility index (Phi) is 17.7. The van der Waals surface area contributed by atoms with Gasteiger partial charge in [-0.1, -0.05) is 51.9 Å². The number of rotatable bonds is 23. The Bertz CT molecular complexity index is 791. The highest BCUT2D eigenvalue weighted by molar-refractivity contribution is 7.87. The third-order valence-electron chi connectivity index (χ3n) is 5.53. The zero-order valence-electron chi connectivity index (χ0n) is 20.9. The Morgan fingerprint density at radius 2 is 1.22 bits per heavy atom. The van der Waals surface area contributed by atoms with Crippen LogP contribution in [0.5, 0.6) is 0 Å². The summed E-state index contributed by atoms with van der Waals surface area (Å²) < 4.78 is 31.1. The Morgan fingerprint density at radius 1 is 0.750 bits per heavy atom. The van der Waals surface area contributed by atoms with Gasteiger partial charge in [0.2, 0.25) is 5.91 Å². The van der Waals surface area contributed by atoms with E-state index in [1.807, 2.05) is 0 Å². The van der Waals surface area contributed by atoms with Crippen molar-refractivity contribution in [1.29, 1.82) is 0 Å². The van der Waals surface area contributed by atoms with Crippen LogP contribution in [0.4, 0.5) is 0 Å².